The highest BCUT2D eigenvalue weighted by atomic mass is 16.5. The zero-order chi connectivity index (χ0) is 13.4. The van der Waals surface area contributed by atoms with E-state index in [1.807, 2.05) is 12.1 Å². The lowest BCUT2D eigenvalue weighted by Crippen LogP contribution is -2.27. The van der Waals surface area contributed by atoms with Gasteiger partial charge < -0.3 is 15.4 Å². The summed E-state index contributed by atoms with van der Waals surface area (Å²) in [6, 6.07) is 8.26. The van der Waals surface area contributed by atoms with Crippen LogP contribution in [-0.2, 0) is 0 Å². The molecule has 3 nitrogen and oxygen atoms in total. The van der Waals surface area contributed by atoms with Gasteiger partial charge in [0.25, 0.3) is 0 Å². The van der Waals surface area contributed by atoms with Gasteiger partial charge in [0.2, 0.25) is 0 Å². The van der Waals surface area contributed by atoms with Crippen molar-refractivity contribution in [3.05, 3.63) is 29.8 Å². The molecule has 0 spiro atoms. The molecule has 0 saturated heterocycles. The summed E-state index contributed by atoms with van der Waals surface area (Å²) in [5, 5.41) is 0. The average Bonchev–Trinajstić information content (AvgIpc) is 2.43. The summed E-state index contributed by atoms with van der Waals surface area (Å²) in [5.41, 5.74) is 7.15. The third kappa shape index (κ3) is 4.67. The van der Waals surface area contributed by atoms with Crippen LogP contribution in [0, 0.1) is 0 Å². The van der Waals surface area contributed by atoms with Gasteiger partial charge in [-0.25, -0.2) is 0 Å². The van der Waals surface area contributed by atoms with E-state index in [4.69, 9.17) is 10.5 Å². The molecule has 0 saturated carbocycles. The Morgan fingerprint density at radius 1 is 1.11 bits per heavy atom. The Hall–Kier alpha value is -1.06. The van der Waals surface area contributed by atoms with Gasteiger partial charge in [0.15, 0.2) is 0 Å². The van der Waals surface area contributed by atoms with Gasteiger partial charge in [0, 0.05) is 12.6 Å². The van der Waals surface area contributed by atoms with Crippen LogP contribution in [0.25, 0.3) is 0 Å². The number of likely N-dealkylation sites (N-methyl/N-ethyl adjacent to an activating group) is 1. The molecule has 0 amide bonds. The van der Waals surface area contributed by atoms with Gasteiger partial charge in [-0.3, -0.25) is 0 Å². The molecule has 0 fully saturated rings. The van der Waals surface area contributed by atoms with Crippen molar-refractivity contribution in [1.82, 2.24) is 4.90 Å². The van der Waals surface area contributed by atoms with E-state index in [0.717, 1.165) is 38.4 Å². The first-order valence-electron chi connectivity index (χ1n) is 6.91. The fourth-order valence-corrected chi connectivity index (χ4v) is 1.88. The zero-order valence-corrected chi connectivity index (χ0v) is 11.9. The third-order valence-corrected chi connectivity index (χ3v) is 3.32. The van der Waals surface area contributed by atoms with Crippen LogP contribution in [0.2, 0.25) is 0 Å². The number of nitrogens with two attached hydrogens (primary N) is 1. The highest BCUT2D eigenvalue weighted by Gasteiger charge is 2.03. The topological polar surface area (TPSA) is 38.5 Å². The van der Waals surface area contributed by atoms with E-state index in [1.54, 1.807) is 0 Å². The summed E-state index contributed by atoms with van der Waals surface area (Å²) >= 11 is 0. The van der Waals surface area contributed by atoms with E-state index in [9.17, 15) is 0 Å². The highest BCUT2D eigenvalue weighted by molar-refractivity contribution is 5.28. The summed E-state index contributed by atoms with van der Waals surface area (Å²) in [4.78, 5) is 2.35. The standard InChI is InChI=1S/C15H26N2O/c1-4-15(16)13-7-9-14(10-8-13)18-12-11-17(5-2)6-3/h7-10,15H,4-6,11-12,16H2,1-3H3/t15-/m1/s1. The van der Waals surface area contributed by atoms with E-state index >= 15 is 0 Å². The minimum absolute atomic E-state index is 0.134. The molecular formula is C15H26N2O. The predicted molar refractivity (Wildman–Crippen MR) is 76.9 cm³/mol. The predicted octanol–water partition coefficient (Wildman–Crippen LogP) is 2.82. The van der Waals surface area contributed by atoms with Gasteiger partial charge in [-0.15, -0.1) is 0 Å². The van der Waals surface area contributed by atoms with Gasteiger partial charge in [-0.2, -0.15) is 0 Å². The Balaban J connectivity index is 2.39. The molecule has 0 unspecified atom stereocenters. The van der Waals surface area contributed by atoms with Crippen LogP contribution < -0.4 is 10.5 Å². The van der Waals surface area contributed by atoms with Crippen LogP contribution in [0.3, 0.4) is 0 Å². The monoisotopic (exact) mass is 250 g/mol. The van der Waals surface area contributed by atoms with Crippen LogP contribution in [0.4, 0.5) is 0 Å². The minimum Gasteiger partial charge on any atom is -0.492 e. The lowest BCUT2D eigenvalue weighted by Gasteiger charge is -2.18. The largest absolute Gasteiger partial charge is 0.492 e. The Morgan fingerprint density at radius 2 is 1.72 bits per heavy atom. The summed E-state index contributed by atoms with van der Waals surface area (Å²) in [7, 11) is 0. The summed E-state index contributed by atoms with van der Waals surface area (Å²) < 4.78 is 5.73. The summed E-state index contributed by atoms with van der Waals surface area (Å²) in [6.45, 7) is 10.3. The second-order valence-electron chi connectivity index (χ2n) is 4.46. The smallest absolute Gasteiger partial charge is 0.119 e. The summed E-state index contributed by atoms with van der Waals surface area (Å²) in [5.74, 6) is 0.925. The van der Waals surface area contributed by atoms with Crippen molar-refractivity contribution in [3.63, 3.8) is 0 Å². The molecule has 102 valence electrons. The molecule has 18 heavy (non-hydrogen) atoms. The number of rotatable bonds is 8. The molecule has 1 rings (SSSR count). The molecule has 0 aliphatic rings. The number of ether oxygens (including phenoxy) is 1. The fraction of sp³-hybridized carbons (Fsp3) is 0.600. The Labute approximate surface area is 111 Å². The molecule has 3 heteroatoms. The van der Waals surface area contributed by atoms with Crippen molar-refractivity contribution in [2.24, 2.45) is 5.73 Å². The maximum absolute atomic E-state index is 5.97. The highest BCUT2D eigenvalue weighted by Crippen LogP contribution is 2.18. The van der Waals surface area contributed by atoms with Gasteiger partial charge in [0.05, 0.1) is 0 Å². The second-order valence-corrected chi connectivity index (χ2v) is 4.46. The number of nitrogens with zero attached hydrogens (tertiary/aromatic N) is 1. The van der Waals surface area contributed by atoms with Crippen LogP contribution in [0.5, 0.6) is 5.75 Å². The molecule has 0 aromatic heterocycles. The van der Waals surface area contributed by atoms with Gasteiger partial charge >= 0.3 is 0 Å². The van der Waals surface area contributed by atoms with Crippen molar-refractivity contribution in [2.75, 3.05) is 26.2 Å². The van der Waals surface area contributed by atoms with Crippen LogP contribution in [0.1, 0.15) is 38.8 Å². The second kappa shape index (κ2) is 8.11. The number of hydrogen-bond acceptors (Lipinski definition) is 3. The van der Waals surface area contributed by atoms with Crippen molar-refractivity contribution >= 4 is 0 Å². The van der Waals surface area contributed by atoms with Crippen molar-refractivity contribution in [1.29, 1.82) is 0 Å². The molecule has 1 atom stereocenters. The molecule has 2 N–H and O–H groups in total. The molecular weight excluding hydrogens is 224 g/mol. The number of benzene rings is 1. The Morgan fingerprint density at radius 3 is 2.22 bits per heavy atom. The van der Waals surface area contributed by atoms with Crippen molar-refractivity contribution < 1.29 is 4.74 Å². The van der Waals surface area contributed by atoms with E-state index < -0.39 is 0 Å². The van der Waals surface area contributed by atoms with Gasteiger partial charge in [0.1, 0.15) is 12.4 Å². The first-order chi connectivity index (χ1) is 8.71. The molecule has 1 aromatic rings. The molecule has 0 aliphatic heterocycles. The maximum atomic E-state index is 5.97. The quantitative estimate of drug-likeness (QED) is 0.771. The minimum atomic E-state index is 0.134. The van der Waals surface area contributed by atoms with Crippen LogP contribution in [-0.4, -0.2) is 31.1 Å². The lowest BCUT2D eigenvalue weighted by atomic mass is 10.1. The van der Waals surface area contributed by atoms with Crippen LogP contribution in [0.15, 0.2) is 24.3 Å². The molecule has 0 aliphatic carbocycles. The first kappa shape index (κ1) is 15.0. The number of hydrogen-bond donors (Lipinski definition) is 1. The third-order valence-electron chi connectivity index (χ3n) is 3.32. The SMILES string of the molecule is CC[C@@H](N)c1ccc(OCCN(CC)CC)cc1. The van der Waals surface area contributed by atoms with E-state index in [1.165, 1.54) is 5.56 Å². The van der Waals surface area contributed by atoms with E-state index in [2.05, 4.69) is 37.8 Å². The van der Waals surface area contributed by atoms with E-state index in [-0.39, 0.29) is 6.04 Å². The fourth-order valence-electron chi connectivity index (χ4n) is 1.88. The molecule has 0 bridgehead atoms. The molecule has 0 heterocycles. The maximum Gasteiger partial charge on any atom is 0.119 e. The van der Waals surface area contributed by atoms with E-state index in [0.29, 0.717) is 0 Å². The van der Waals surface area contributed by atoms with Crippen molar-refractivity contribution in [2.45, 2.75) is 33.2 Å². The summed E-state index contributed by atoms with van der Waals surface area (Å²) in [6.07, 6.45) is 0.960. The first-order valence-corrected chi connectivity index (χ1v) is 6.91. The molecule has 0 radical (unpaired) electrons. The average molecular weight is 250 g/mol. The zero-order valence-electron chi connectivity index (χ0n) is 11.9. The Bertz CT molecular complexity index is 320. The van der Waals surface area contributed by atoms with Crippen LogP contribution >= 0.6 is 0 Å². The molecule has 1 aromatic carbocycles. The Kier molecular flexibility index (Phi) is 6.76. The lowest BCUT2D eigenvalue weighted by molar-refractivity contribution is 0.223. The van der Waals surface area contributed by atoms with Crippen molar-refractivity contribution in [3.8, 4) is 5.75 Å². The normalized spacial score (nSPS) is 12.7. The van der Waals surface area contributed by atoms with Gasteiger partial charge in [-0.1, -0.05) is 32.9 Å². The van der Waals surface area contributed by atoms with Gasteiger partial charge in [-0.05, 0) is 37.2 Å².